The molecule has 1 fully saturated rings. The van der Waals surface area contributed by atoms with Crippen LogP contribution in [0, 0.1) is 11.3 Å². The number of methoxy groups -OCH3 is 1. The molecule has 1 heterocycles. The Labute approximate surface area is 146 Å². The zero-order valence-corrected chi connectivity index (χ0v) is 15.6. The van der Waals surface area contributed by atoms with Gasteiger partial charge in [-0.15, -0.1) is 0 Å². The van der Waals surface area contributed by atoms with Crippen molar-refractivity contribution in [1.82, 2.24) is 10.2 Å². The van der Waals surface area contributed by atoms with Crippen LogP contribution < -0.4 is 10.1 Å². The fourth-order valence-electron chi connectivity index (χ4n) is 3.52. The van der Waals surface area contributed by atoms with Gasteiger partial charge in [0.1, 0.15) is 5.75 Å². The van der Waals surface area contributed by atoms with Crippen molar-refractivity contribution < 1.29 is 9.53 Å². The number of likely N-dealkylation sites (tertiary alicyclic amines) is 1. The SMILES string of the molecule is CCNCC1CCN(C(=O)C(C)(C)Cc2ccccc2OC)CC1. The molecule has 4 heteroatoms. The maximum Gasteiger partial charge on any atom is 0.228 e. The molecule has 0 radical (unpaired) electrons. The van der Waals surface area contributed by atoms with Gasteiger partial charge in [0, 0.05) is 18.5 Å². The molecule has 0 atom stereocenters. The van der Waals surface area contributed by atoms with Gasteiger partial charge in [0.2, 0.25) is 5.91 Å². The Morgan fingerprint density at radius 3 is 2.58 bits per heavy atom. The van der Waals surface area contributed by atoms with Crippen molar-refractivity contribution >= 4 is 5.91 Å². The molecule has 1 N–H and O–H groups in total. The number of nitrogens with one attached hydrogen (secondary N) is 1. The summed E-state index contributed by atoms with van der Waals surface area (Å²) in [5, 5.41) is 3.42. The second-order valence-corrected chi connectivity index (χ2v) is 7.42. The standard InChI is InChI=1S/C20H32N2O2/c1-5-21-15-16-10-12-22(13-11-16)19(23)20(2,3)14-17-8-6-7-9-18(17)24-4/h6-9,16,21H,5,10-15H2,1-4H3. The first-order valence-corrected chi connectivity index (χ1v) is 9.10. The van der Waals surface area contributed by atoms with Gasteiger partial charge in [-0.2, -0.15) is 0 Å². The largest absolute Gasteiger partial charge is 0.496 e. The minimum absolute atomic E-state index is 0.260. The van der Waals surface area contributed by atoms with Crippen molar-refractivity contribution in [2.24, 2.45) is 11.3 Å². The van der Waals surface area contributed by atoms with Crippen LogP contribution in [-0.2, 0) is 11.2 Å². The molecule has 1 aliphatic rings. The molecule has 0 spiro atoms. The molecule has 0 unspecified atom stereocenters. The van der Waals surface area contributed by atoms with Gasteiger partial charge in [-0.05, 0) is 49.9 Å². The Balaban J connectivity index is 1.95. The normalized spacial score (nSPS) is 16.2. The van der Waals surface area contributed by atoms with Crippen molar-refractivity contribution in [3.05, 3.63) is 29.8 Å². The van der Waals surface area contributed by atoms with E-state index in [2.05, 4.69) is 23.2 Å². The van der Waals surface area contributed by atoms with E-state index in [0.29, 0.717) is 12.3 Å². The Morgan fingerprint density at radius 2 is 1.96 bits per heavy atom. The summed E-state index contributed by atoms with van der Waals surface area (Å²) < 4.78 is 5.44. The molecule has 0 aromatic heterocycles. The zero-order chi connectivity index (χ0) is 17.6. The summed E-state index contributed by atoms with van der Waals surface area (Å²) in [6, 6.07) is 7.98. The highest BCUT2D eigenvalue weighted by Crippen LogP contribution is 2.31. The van der Waals surface area contributed by atoms with Gasteiger partial charge in [0.15, 0.2) is 0 Å². The summed E-state index contributed by atoms with van der Waals surface area (Å²) in [7, 11) is 1.68. The molecule has 0 bridgehead atoms. The van der Waals surface area contributed by atoms with Crippen molar-refractivity contribution in [1.29, 1.82) is 0 Å². The van der Waals surface area contributed by atoms with Crippen LogP contribution in [0.15, 0.2) is 24.3 Å². The summed E-state index contributed by atoms with van der Waals surface area (Å²) in [6.45, 7) is 10.1. The van der Waals surface area contributed by atoms with Crippen LogP contribution in [0.2, 0.25) is 0 Å². The van der Waals surface area contributed by atoms with Crippen LogP contribution in [0.4, 0.5) is 0 Å². The maximum atomic E-state index is 13.0. The second-order valence-electron chi connectivity index (χ2n) is 7.42. The molecule has 1 aromatic carbocycles. The number of para-hydroxylation sites is 1. The average Bonchev–Trinajstić information content (AvgIpc) is 2.60. The Hall–Kier alpha value is -1.55. The molecule has 1 amide bonds. The van der Waals surface area contributed by atoms with Crippen molar-refractivity contribution in [3.8, 4) is 5.75 Å². The topological polar surface area (TPSA) is 41.6 Å². The number of carbonyl (C=O) groups excluding carboxylic acids is 1. The Morgan fingerprint density at radius 1 is 1.29 bits per heavy atom. The van der Waals surface area contributed by atoms with Crippen molar-refractivity contribution in [2.75, 3.05) is 33.3 Å². The van der Waals surface area contributed by atoms with Crippen LogP contribution in [0.1, 0.15) is 39.2 Å². The molecule has 1 aromatic rings. The first-order chi connectivity index (χ1) is 11.5. The molecule has 24 heavy (non-hydrogen) atoms. The maximum absolute atomic E-state index is 13.0. The lowest BCUT2D eigenvalue weighted by Crippen LogP contribution is -2.47. The summed E-state index contributed by atoms with van der Waals surface area (Å²) >= 11 is 0. The number of carbonyl (C=O) groups is 1. The highest BCUT2D eigenvalue weighted by Gasteiger charge is 2.34. The predicted molar refractivity (Wildman–Crippen MR) is 98.3 cm³/mol. The quantitative estimate of drug-likeness (QED) is 0.834. The molecule has 1 saturated heterocycles. The van der Waals surface area contributed by atoms with Gasteiger partial charge in [0.05, 0.1) is 7.11 Å². The number of amides is 1. The number of hydrogen-bond acceptors (Lipinski definition) is 3. The lowest BCUT2D eigenvalue weighted by molar-refractivity contribution is -0.141. The smallest absolute Gasteiger partial charge is 0.228 e. The summed E-state index contributed by atoms with van der Waals surface area (Å²) in [5.74, 6) is 1.82. The van der Waals surface area contributed by atoms with Crippen molar-refractivity contribution in [2.45, 2.75) is 40.0 Å². The summed E-state index contributed by atoms with van der Waals surface area (Å²) in [4.78, 5) is 15.1. The van der Waals surface area contributed by atoms with Crippen LogP contribution in [0.25, 0.3) is 0 Å². The second kappa shape index (κ2) is 8.52. The van der Waals surface area contributed by atoms with Crippen LogP contribution in [0.3, 0.4) is 0 Å². The monoisotopic (exact) mass is 332 g/mol. The van der Waals surface area contributed by atoms with E-state index in [1.54, 1.807) is 7.11 Å². The Bertz CT molecular complexity index is 534. The van der Waals surface area contributed by atoms with E-state index in [0.717, 1.165) is 50.3 Å². The van der Waals surface area contributed by atoms with E-state index < -0.39 is 5.41 Å². The predicted octanol–water partition coefficient (Wildman–Crippen LogP) is 3.11. The van der Waals surface area contributed by atoms with Crippen LogP contribution in [0.5, 0.6) is 5.75 Å². The van der Waals surface area contributed by atoms with Gasteiger partial charge < -0.3 is 15.0 Å². The fraction of sp³-hybridized carbons (Fsp3) is 0.650. The number of rotatable bonds is 7. The number of nitrogens with zero attached hydrogens (tertiary/aromatic N) is 1. The van der Waals surface area contributed by atoms with E-state index in [1.807, 2.05) is 32.0 Å². The van der Waals surface area contributed by atoms with E-state index in [1.165, 1.54) is 0 Å². The van der Waals surface area contributed by atoms with Gasteiger partial charge in [-0.1, -0.05) is 39.0 Å². The molecule has 4 nitrogen and oxygen atoms in total. The molecular weight excluding hydrogens is 300 g/mol. The van der Waals surface area contributed by atoms with Crippen LogP contribution in [-0.4, -0.2) is 44.1 Å². The zero-order valence-electron chi connectivity index (χ0n) is 15.6. The first-order valence-electron chi connectivity index (χ1n) is 9.10. The Kier molecular flexibility index (Phi) is 6.67. The fourth-order valence-corrected chi connectivity index (χ4v) is 3.52. The lowest BCUT2D eigenvalue weighted by Gasteiger charge is -2.37. The lowest BCUT2D eigenvalue weighted by atomic mass is 9.83. The van der Waals surface area contributed by atoms with Crippen LogP contribution >= 0.6 is 0 Å². The van der Waals surface area contributed by atoms with Gasteiger partial charge in [0.25, 0.3) is 0 Å². The molecular formula is C20H32N2O2. The molecule has 134 valence electrons. The summed E-state index contributed by atoms with van der Waals surface area (Å²) in [5.41, 5.74) is 0.684. The van der Waals surface area contributed by atoms with E-state index in [9.17, 15) is 4.79 Å². The third-order valence-corrected chi connectivity index (χ3v) is 4.99. The minimum atomic E-state index is -0.414. The van der Waals surface area contributed by atoms with E-state index in [4.69, 9.17) is 4.74 Å². The molecule has 1 aliphatic heterocycles. The van der Waals surface area contributed by atoms with Gasteiger partial charge >= 0.3 is 0 Å². The first kappa shape index (κ1) is 18.8. The minimum Gasteiger partial charge on any atom is -0.496 e. The number of ether oxygens (including phenoxy) is 1. The third-order valence-electron chi connectivity index (χ3n) is 4.99. The van der Waals surface area contributed by atoms with E-state index >= 15 is 0 Å². The third kappa shape index (κ3) is 4.73. The highest BCUT2D eigenvalue weighted by atomic mass is 16.5. The molecule has 2 rings (SSSR count). The van der Waals surface area contributed by atoms with Gasteiger partial charge in [-0.25, -0.2) is 0 Å². The number of piperidine rings is 1. The summed E-state index contributed by atoms with van der Waals surface area (Å²) in [6.07, 6.45) is 2.90. The van der Waals surface area contributed by atoms with Crippen molar-refractivity contribution in [3.63, 3.8) is 0 Å². The molecule has 0 saturated carbocycles. The van der Waals surface area contributed by atoms with Gasteiger partial charge in [-0.3, -0.25) is 4.79 Å². The highest BCUT2D eigenvalue weighted by molar-refractivity contribution is 5.82. The number of benzene rings is 1. The molecule has 0 aliphatic carbocycles. The average molecular weight is 332 g/mol. The van der Waals surface area contributed by atoms with E-state index in [-0.39, 0.29) is 5.91 Å². The number of hydrogen-bond donors (Lipinski definition) is 1.